The third-order valence-electron chi connectivity index (χ3n) is 3.98. The fourth-order valence-electron chi connectivity index (χ4n) is 2.91. The van der Waals surface area contributed by atoms with E-state index in [-0.39, 0.29) is 11.9 Å². The van der Waals surface area contributed by atoms with E-state index in [9.17, 15) is 4.39 Å². The SMILES string of the molecule is NC(Cc1ccc2c(c1)CCC2)c1cc(Cl)ccc1F. The molecular formula is C17H17ClFN. The molecule has 20 heavy (non-hydrogen) atoms. The molecule has 0 aromatic heterocycles. The van der Waals surface area contributed by atoms with E-state index in [1.165, 1.54) is 30.0 Å². The highest BCUT2D eigenvalue weighted by atomic mass is 35.5. The molecule has 3 heteroatoms. The highest BCUT2D eigenvalue weighted by Crippen LogP contribution is 2.26. The summed E-state index contributed by atoms with van der Waals surface area (Å²) in [7, 11) is 0. The Morgan fingerprint density at radius 1 is 1.10 bits per heavy atom. The van der Waals surface area contributed by atoms with Gasteiger partial charge in [0.1, 0.15) is 5.82 Å². The van der Waals surface area contributed by atoms with Crippen LogP contribution in [0.3, 0.4) is 0 Å². The second kappa shape index (κ2) is 5.55. The first-order valence-electron chi connectivity index (χ1n) is 6.94. The van der Waals surface area contributed by atoms with Gasteiger partial charge in [0.05, 0.1) is 0 Å². The van der Waals surface area contributed by atoms with Crippen LogP contribution in [0.1, 0.15) is 34.7 Å². The molecule has 1 aliphatic rings. The van der Waals surface area contributed by atoms with E-state index >= 15 is 0 Å². The number of aryl methyl sites for hydroxylation is 2. The molecule has 2 aromatic rings. The molecule has 1 atom stereocenters. The highest BCUT2D eigenvalue weighted by Gasteiger charge is 2.15. The summed E-state index contributed by atoms with van der Waals surface area (Å²) in [4.78, 5) is 0. The first-order chi connectivity index (χ1) is 9.63. The average Bonchev–Trinajstić information content (AvgIpc) is 2.89. The summed E-state index contributed by atoms with van der Waals surface area (Å²) in [5.41, 5.74) is 10.7. The molecule has 2 N–H and O–H groups in total. The molecule has 1 nitrogen and oxygen atoms in total. The van der Waals surface area contributed by atoms with Gasteiger partial charge < -0.3 is 5.73 Å². The standard InChI is InChI=1S/C17H17ClFN/c18-14-6-7-16(19)15(10-14)17(20)9-11-4-5-12-2-1-3-13(12)8-11/h4-8,10,17H,1-3,9,20H2. The normalized spacial score (nSPS) is 15.2. The van der Waals surface area contributed by atoms with Crippen LogP contribution in [0.5, 0.6) is 0 Å². The quantitative estimate of drug-likeness (QED) is 0.900. The average molecular weight is 290 g/mol. The van der Waals surface area contributed by atoms with Crippen molar-refractivity contribution in [3.05, 3.63) is 69.5 Å². The van der Waals surface area contributed by atoms with Crippen LogP contribution in [0.15, 0.2) is 36.4 Å². The van der Waals surface area contributed by atoms with E-state index in [1.807, 2.05) is 0 Å². The molecule has 104 valence electrons. The van der Waals surface area contributed by atoms with Crippen LogP contribution in [0.4, 0.5) is 4.39 Å². The van der Waals surface area contributed by atoms with E-state index in [1.54, 1.807) is 12.1 Å². The molecule has 0 saturated heterocycles. The number of hydrogen-bond donors (Lipinski definition) is 1. The lowest BCUT2D eigenvalue weighted by atomic mass is 9.97. The summed E-state index contributed by atoms with van der Waals surface area (Å²) in [6.07, 6.45) is 4.17. The second-order valence-corrected chi connectivity index (χ2v) is 5.87. The zero-order valence-electron chi connectivity index (χ0n) is 11.2. The minimum absolute atomic E-state index is 0.289. The Hall–Kier alpha value is -1.38. The molecule has 0 amide bonds. The number of benzene rings is 2. The van der Waals surface area contributed by atoms with Crippen molar-refractivity contribution in [3.8, 4) is 0 Å². The summed E-state index contributed by atoms with van der Waals surface area (Å²) in [5, 5.41) is 0.519. The Balaban J connectivity index is 1.82. The van der Waals surface area contributed by atoms with E-state index in [0.717, 1.165) is 12.0 Å². The predicted molar refractivity (Wildman–Crippen MR) is 80.5 cm³/mol. The molecule has 1 unspecified atom stereocenters. The van der Waals surface area contributed by atoms with Gasteiger partial charge in [-0.25, -0.2) is 4.39 Å². The Bertz CT molecular complexity index is 639. The van der Waals surface area contributed by atoms with E-state index < -0.39 is 0 Å². The minimum Gasteiger partial charge on any atom is -0.324 e. The van der Waals surface area contributed by atoms with Crippen molar-refractivity contribution in [2.75, 3.05) is 0 Å². The predicted octanol–water partition coefficient (Wildman–Crippen LogP) is 4.21. The van der Waals surface area contributed by atoms with Gasteiger partial charge in [-0.05, 0) is 60.6 Å². The zero-order chi connectivity index (χ0) is 14.1. The first-order valence-corrected chi connectivity index (χ1v) is 7.32. The minimum atomic E-state index is -0.367. The van der Waals surface area contributed by atoms with E-state index in [2.05, 4.69) is 18.2 Å². The van der Waals surface area contributed by atoms with Crippen molar-refractivity contribution in [1.29, 1.82) is 0 Å². The third-order valence-corrected chi connectivity index (χ3v) is 4.21. The van der Waals surface area contributed by atoms with Crippen molar-refractivity contribution < 1.29 is 4.39 Å². The van der Waals surface area contributed by atoms with Gasteiger partial charge in [0.25, 0.3) is 0 Å². The lowest BCUT2D eigenvalue weighted by molar-refractivity contribution is 0.580. The number of hydrogen-bond acceptors (Lipinski definition) is 1. The number of halogens is 2. The van der Waals surface area contributed by atoms with Gasteiger partial charge in [-0.3, -0.25) is 0 Å². The van der Waals surface area contributed by atoms with Crippen LogP contribution < -0.4 is 5.73 Å². The van der Waals surface area contributed by atoms with Crippen molar-refractivity contribution in [2.24, 2.45) is 5.73 Å². The lowest BCUT2D eigenvalue weighted by Gasteiger charge is -2.14. The van der Waals surface area contributed by atoms with Gasteiger partial charge in [-0.15, -0.1) is 0 Å². The maximum atomic E-state index is 13.8. The molecule has 0 fully saturated rings. The molecule has 0 saturated carbocycles. The molecule has 3 rings (SSSR count). The molecule has 0 spiro atoms. The fraction of sp³-hybridized carbons (Fsp3) is 0.294. The molecule has 0 radical (unpaired) electrons. The lowest BCUT2D eigenvalue weighted by Crippen LogP contribution is -2.15. The summed E-state index contributed by atoms with van der Waals surface area (Å²) in [6.45, 7) is 0. The molecule has 0 bridgehead atoms. The molecule has 1 aliphatic carbocycles. The van der Waals surface area contributed by atoms with Gasteiger partial charge in [-0.1, -0.05) is 29.8 Å². The number of nitrogens with two attached hydrogens (primary N) is 1. The van der Waals surface area contributed by atoms with Crippen LogP contribution in [0.2, 0.25) is 5.02 Å². The van der Waals surface area contributed by atoms with E-state index in [0.29, 0.717) is 17.0 Å². The number of rotatable bonds is 3. The van der Waals surface area contributed by atoms with Crippen molar-refractivity contribution >= 4 is 11.6 Å². The van der Waals surface area contributed by atoms with Gasteiger partial charge >= 0.3 is 0 Å². The van der Waals surface area contributed by atoms with Crippen LogP contribution in [-0.4, -0.2) is 0 Å². The van der Waals surface area contributed by atoms with Gasteiger partial charge in [0.15, 0.2) is 0 Å². The zero-order valence-corrected chi connectivity index (χ0v) is 12.0. The smallest absolute Gasteiger partial charge is 0.128 e. The monoisotopic (exact) mass is 289 g/mol. The first kappa shape index (κ1) is 13.6. The Kier molecular flexibility index (Phi) is 3.77. The molecule has 2 aromatic carbocycles. The largest absolute Gasteiger partial charge is 0.324 e. The Morgan fingerprint density at radius 3 is 2.75 bits per heavy atom. The summed E-state index contributed by atoms with van der Waals surface area (Å²) in [5.74, 6) is -0.289. The summed E-state index contributed by atoms with van der Waals surface area (Å²) >= 11 is 5.92. The number of fused-ring (bicyclic) bond motifs is 1. The van der Waals surface area contributed by atoms with Crippen LogP contribution >= 0.6 is 11.6 Å². The second-order valence-electron chi connectivity index (χ2n) is 5.43. The Labute approximate surface area is 123 Å². The van der Waals surface area contributed by atoms with Crippen molar-refractivity contribution in [2.45, 2.75) is 31.7 Å². The summed E-state index contributed by atoms with van der Waals surface area (Å²) < 4.78 is 13.8. The molecular weight excluding hydrogens is 273 g/mol. The summed E-state index contributed by atoms with van der Waals surface area (Å²) in [6, 6.07) is 10.7. The van der Waals surface area contributed by atoms with E-state index in [4.69, 9.17) is 17.3 Å². The van der Waals surface area contributed by atoms with Gasteiger partial charge in [-0.2, -0.15) is 0 Å². The maximum absolute atomic E-state index is 13.8. The van der Waals surface area contributed by atoms with Gasteiger partial charge in [0, 0.05) is 16.6 Å². The maximum Gasteiger partial charge on any atom is 0.128 e. The fourth-order valence-corrected chi connectivity index (χ4v) is 3.10. The van der Waals surface area contributed by atoms with Crippen LogP contribution in [0.25, 0.3) is 0 Å². The van der Waals surface area contributed by atoms with Gasteiger partial charge in [0.2, 0.25) is 0 Å². The van der Waals surface area contributed by atoms with Crippen LogP contribution in [0, 0.1) is 5.82 Å². The van der Waals surface area contributed by atoms with Crippen molar-refractivity contribution in [1.82, 2.24) is 0 Å². The highest BCUT2D eigenvalue weighted by molar-refractivity contribution is 6.30. The van der Waals surface area contributed by atoms with Crippen LogP contribution in [-0.2, 0) is 19.3 Å². The van der Waals surface area contributed by atoms with Crippen molar-refractivity contribution in [3.63, 3.8) is 0 Å². The Morgan fingerprint density at radius 2 is 1.90 bits per heavy atom. The molecule has 0 heterocycles. The third kappa shape index (κ3) is 2.72. The topological polar surface area (TPSA) is 26.0 Å². The molecule has 0 aliphatic heterocycles.